The van der Waals surface area contributed by atoms with Crippen molar-refractivity contribution in [1.82, 2.24) is 4.98 Å². The molecule has 1 saturated heterocycles. The van der Waals surface area contributed by atoms with Gasteiger partial charge in [-0.3, -0.25) is 0 Å². The summed E-state index contributed by atoms with van der Waals surface area (Å²) in [6.45, 7) is 10.1. The third-order valence-corrected chi connectivity index (χ3v) is 6.77. The highest BCUT2D eigenvalue weighted by Gasteiger charge is 2.46. The first-order valence-electron chi connectivity index (χ1n) is 12.6. The number of oxazole rings is 1. The summed E-state index contributed by atoms with van der Waals surface area (Å²) in [5.41, 5.74) is 2.52. The van der Waals surface area contributed by atoms with E-state index in [9.17, 15) is 9.90 Å². The Hall–Kier alpha value is -2.48. The summed E-state index contributed by atoms with van der Waals surface area (Å²) in [5, 5.41) is 10.7. The molecule has 2 bridgehead atoms. The van der Waals surface area contributed by atoms with E-state index in [-0.39, 0.29) is 24.4 Å². The molecule has 7 nitrogen and oxygen atoms in total. The van der Waals surface area contributed by atoms with Crippen LogP contribution in [0.15, 0.2) is 52.7 Å². The highest BCUT2D eigenvalue weighted by Crippen LogP contribution is 2.35. The van der Waals surface area contributed by atoms with Crippen LogP contribution < -0.4 is 0 Å². The molecule has 7 heteroatoms. The average molecular weight is 484 g/mol. The predicted octanol–water partition coefficient (Wildman–Crippen LogP) is 4.85. The van der Waals surface area contributed by atoms with Crippen molar-refractivity contribution < 1.29 is 28.5 Å². The van der Waals surface area contributed by atoms with Crippen LogP contribution in [0.4, 0.5) is 0 Å². The number of cyclic esters (lactones) is 1. The third-order valence-electron chi connectivity index (χ3n) is 6.77. The van der Waals surface area contributed by atoms with Crippen molar-refractivity contribution in [1.29, 1.82) is 0 Å². The van der Waals surface area contributed by atoms with Gasteiger partial charge in [-0.1, -0.05) is 37.3 Å². The minimum atomic E-state index is -0.629. The standard InChI is InChI=1S/C28H37NO6/c1-17-11-18(2)13-24(30)28-26(35-28)15-25(19(3)14-21-16-32-20(4)29-21)34-27(31)10-6-8-22-7-5-9-23(12-17)33-22/h5-7,10,14,16-17,22-26,28,30H,2,8-9,11-13,15H2,1,3-4H3/b10-6-,19-14+/t17-,22-,23-,24-,25-,26-,28-/m0/s1. The Morgan fingerprint density at radius 1 is 1.20 bits per heavy atom. The molecule has 7 atom stereocenters. The van der Waals surface area contributed by atoms with Gasteiger partial charge in [-0.05, 0) is 56.6 Å². The molecule has 0 radical (unpaired) electrons. The first kappa shape index (κ1) is 25.6. The van der Waals surface area contributed by atoms with E-state index in [1.807, 2.05) is 19.1 Å². The first-order chi connectivity index (χ1) is 16.8. The maximum atomic E-state index is 12.7. The number of aliphatic hydroxyl groups excluding tert-OH is 1. The lowest BCUT2D eigenvalue weighted by atomic mass is 9.91. The van der Waals surface area contributed by atoms with Crippen molar-refractivity contribution in [2.75, 3.05) is 0 Å². The van der Waals surface area contributed by atoms with Gasteiger partial charge in [0.25, 0.3) is 0 Å². The van der Waals surface area contributed by atoms with Crippen LogP contribution in [-0.2, 0) is 19.0 Å². The molecule has 35 heavy (non-hydrogen) atoms. The van der Waals surface area contributed by atoms with Crippen LogP contribution in [0.25, 0.3) is 6.08 Å². The number of epoxide rings is 1. The van der Waals surface area contributed by atoms with Crippen molar-refractivity contribution in [3.63, 3.8) is 0 Å². The minimum absolute atomic E-state index is 0.0534. The molecule has 0 saturated carbocycles. The normalized spacial score (nSPS) is 36.0. The van der Waals surface area contributed by atoms with Gasteiger partial charge >= 0.3 is 5.97 Å². The van der Waals surface area contributed by atoms with Crippen LogP contribution in [0.1, 0.15) is 64.0 Å². The van der Waals surface area contributed by atoms with E-state index in [1.54, 1.807) is 13.2 Å². The lowest BCUT2D eigenvalue weighted by molar-refractivity contribution is -0.141. The molecule has 0 aliphatic carbocycles. The Morgan fingerprint density at radius 2 is 2.03 bits per heavy atom. The second-order valence-electron chi connectivity index (χ2n) is 10.1. The van der Waals surface area contributed by atoms with Crippen LogP contribution in [0.3, 0.4) is 0 Å². The van der Waals surface area contributed by atoms with Crippen molar-refractivity contribution in [2.45, 2.75) is 95.9 Å². The van der Waals surface area contributed by atoms with Gasteiger partial charge in [0.05, 0.1) is 24.4 Å². The van der Waals surface area contributed by atoms with Gasteiger partial charge in [-0.25, -0.2) is 9.78 Å². The molecular formula is C28H37NO6. The number of ether oxygens (including phenoxy) is 3. The maximum absolute atomic E-state index is 12.7. The zero-order valence-corrected chi connectivity index (χ0v) is 20.9. The summed E-state index contributed by atoms with van der Waals surface area (Å²) in [6, 6.07) is 0. The topological polar surface area (TPSA) is 94.3 Å². The number of fused-ring (bicyclic) bond motifs is 3. The van der Waals surface area contributed by atoms with Crippen LogP contribution in [0.2, 0.25) is 0 Å². The number of hydrogen-bond donors (Lipinski definition) is 1. The summed E-state index contributed by atoms with van der Waals surface area (Å²) in [4.78, 5) is 17.0. The van der Waals surface area contributed by atoms with Crippen LogP contribution in [0, 0.1) is 12.8 Å². The highest BCUT2D eigenvalue weighted by atomic mass is 16.6. The van der Waals surface area contributed by atoms with Gasteiger partial charge < -0.3 is 23.7 Å². The van der Waals surface area contributed by atoms with Gasteiger partial charge in [0, 0.05) is 19.4 Å². The average Bonchev–Trinajstić information content (AvgIpc) is 3.44. The van der Waals surface area contributed by atoms with Crippen LogP contribution in [0.5, 0.6) is 0 Å². The van der Waals surface area contributed by atoms with E-state index >= 15 is 0 Å². The fourth-order valence-electron chi connectivity index (χ4n) is 5.01. The summed E-state index contributed by atoms with van der Waals surface area (Å²) in [5.74, 6) is 0.555. The second kappa shape index (κ2) is 11.5. The number of esters is 1. The minimum Gasteiger partial charge on any atom is -0.455 e. The van der Waals surface area contributed by atoms with E-state index in [1.165, 1.54) is 6.08 Å². The predicted molar refractivity (Wildman–Crippen MR) is 132 cm³/mol. The summed E-state index contributed by atoms with van der Waals surface area (Å²) >= 11 is 0. The number of carbonyl (C=O) groups excluding carboxylic acids is 1. The van der Waals surface area contributed by atoms with Crippen molar-refractivity contribution in [2.24, 2.45) is 5.92 Å². The Balaban J connectivity index is 1.50. The molecule has 1 aromatic rings. The van der Waals surface area contributed by atoms with E-state index in [4.69, 9.17) is 18.6 Å². The monoisotopic (exact) mass is 483 g/mol. The molecule has 0 amide bonds. The fraction of sp³-hybridized carbons (Fsp3) is 0.571. The van der Waals surface area contributed by atoms with Gasteiger partial charge in [0.15, 0.2) is 5.89 Å². The highest BCUT2D eigenvalue weighted by molar-refractivity contribution is 5.82. The Kier molecular flexibility index (Phi) is 8.42. The van der Waals surface area contributed by atoms with Crippen molar-refractivity contribution in [3.05, 3.63) is 59.9 Å². The Morgan fingerprint density at radius 3 is 2.80 bits per heavy atom. The molecule has 1 aromatic heterocycles. The zero-order chi connectivity index (χ0) is 24.9. The quantitative estimate of drug-likeness (QED) is 0.365. The molecule has 3 aliphatic heterocycles. The number of nitrogens with zero attached hydrogens (tertiary/aromatic N) is 1. The lowest BCUT2D eigenvalue weighted by Gasteiger charge is -2.28. The molecule has 190 valence electrons. The van der Waals surface area contributed by atoms with Gasteiger partial charge in [0.2, 0.25) is 0 Å². The van der Waals surface area contributed by atoms with Crippen molar-refractivity contribution in [3.8, 4) is 0 Å². The van der Waals surface area contributed by atoms with Crippen LogP contribution >= 0.6 is 0 Å². The van der Waals surface area contributed by atoms with Gasteiger partial charge in [-0.2, -0.15) is 0 Å². The number of hydrogen-bond acceptors (Lipinski definition) is 7. The first-order valence-corrected chi connectivity index (χ1v) is 12.6. The molecule has 3 aliphatic rings. The summed E-state index contributed by atoms with van der Waals surface area (Å²) in [6.07, 6.45) is 13.6. The number of aliphatic hydroxyl groups is 1. The van der Waals surface area contributed by atoms with Gasteiger partial charge in [0.1, 0.15) is 24.2 Å². The van der Waals surface area contributed by atoms with E-state index in [0.29, 0.717) is 36.8 Å². The number of aryl methyl sites for hydroxylation is 1. The van der Waals surface area contributed by atoms with E-state index < -0.39 is 18.2 Å². The second-order valence-corrected chi connectivity index (χ2v) is 10.1. The number of aromatic nitrogens is 1. The van der Waals surface area contributed by atoms with E-state index in [2.05, 4.69) is 30.6 Å². The summed E-state index contributed by atoms with van der Waals surface area (Å²) < 4.78 is 23.1. The molecule has 4 rings (SSSR count). The van der Waals surface area contributed by atoms with Crippen LogP contribution in [-0.4, -0.2) is 52.7 Å². The molecule has 1 fully saturated rings. The van der Waals surface area contributed by atoms with Crippen molar-refractivity contribution >= 4 is 12.0 Å². The van der Waals surface area contributed by atoms with E-state index in [0.717, 1.165) is 30.4 Å². The Bertz CT molecular complexity index is 991. The molecule has 4 heterocycles. The zero-order valence-electron chi connectivity index (χ0n) is 20.9. The lowest BCUT2D eigenvalue weighted by Crippen LogP contribution is -2.26. The smallest absolute Gasteiger partial charge is 0.331 e. The largest absolute Gasteiger partial charge is 0.455 e. The molecule has 1 N–H and O–H groups in total. The number of carbonyl (C=O) groups is 1. The fourth-order valence-corrected chi connectivity index (χ4v) is 5.01. The SMILES string of the molecule is C=C1C[C@H](C)C[C@@H]2CC=C[C@@H](C/C=C\C(=O)O[C@H](/C(C)=C/c3coc(C)n3)C[C@@H]3O[C@H]3[C@@H](O)C1)O2. The summed E-state index contributed by atoms with van der Waals surface area (Å²) in [7, 11) is 0. The Labute approximate surface area is 207 Å². The number of rotatable bonds is 2. The van der Waals surface area contributed by atoms with Gasteiger partial charge in [-0.15, -0.1) is 0 Å². The molecule has 0 aromatic carbocycles. The molecule has 0 unspecified atom stereocenters. The maximum Gasteiger partial charge on any atom is 0.331 e. The molecule has 0 spiro atoms. The molecular weight excluding hydrogens is 446 g/mol. The third kappa shape index (κ3) is 7.50.